The molecule has 0 aliphatic carbocycles. The standard InChI is InChI=1S/C17H20ClNO2/c1-4-12-7-5-6-8-13(12)11-19-15-10-17(21-3)16(20-2)9-14(15)18/h5-10,19H,4,11H2,1-3H3. The van der Waals surface area contributed by atoms with Gasteiger partial charge >= 0.3 is 0 Å². The fourth-order valence-corrected chi connectivity index (χ4v) is 2.48. The van der Waals surface area contributed by atoms with Crippen LogP contribution in [0.2, 0.25) is 5.02 Å². The van der Waals surface area contributed by atoms with Crippen molar-refractivity contribution in [3.05, 3.63) is 52.5 Å². The molecule has 21 heavy (non-hydrogen) atoms. The number of rotatable bonds is 6. The lowest BCUT2D eigenvalue weighted by Gasteiger charge is -2.14. The molecule has 0 aromatic heterocycles. The SMILES string of the molecule is CCc1ccccc1CNc1cc(OC)c(OC)cc1Cl. The van der Waals surface area contributed by atoms with Gasteiger partial charge in [0.15, 0.2) is 11.5 Å². The Morgan fingerprint density at radius 3 is 2.24 bits per heavy atom. The molecule has 3 nitrogen and oxygen atoms in total. The molecule has 0 saturated heterocycles. The second kappa shape index (κ2) is 7.23. The number of halogens is 1. The zero-order valence-corrected chi connectivity index (χ0v) is 13.3. The molecule has 0 saturated carbocycles. The highest BCUT2D eigenvalue weighted by atomic mass is 35.5. The predicted molar refractivity (Wildman–Crippen MR) is 87.7 cm³/mol. The van der Waals surface area contributed by atoms with E-state index >= 15 is 0 Å². The number of hydrogen-bond acceptors (Lipinski definition) is 3. The van der Waals surface area contributed by atoms with E-state index in [1.54, 1.807) is 20.3 Å². The van der Waals surface area contributed by atoms with E-state index < -0.39 is 0 Å². The van der Waals surface area contributed by atoms with Crippen LogP contribution < -0.4 is 14.8 Å². The van der Waals surface area contributed by atoms with Crippen molar-refractivity contribution in [2.45, 2.75) is 19.9 Å². The lowest BCUT2D eigenvalue weighted by atomic mass is 10.1. The number of anilines is 1. The molecule has 0 heterocycles. The van der Waals surface area contributed by atoms with Gasteiger partial charge in [-0.3, -0.25) is 0 Å². The molecule has 0 unspecified atom stereocenters. The van der Waals surface area contributed by atoms with Gasteiger partial charge < -0.3 is 14.8 Å². The third-order valence-corrected chi connectivity index (χ3v) is 3.75. The molecule has 2 aromatic carbocycles. The van der Waals surface area contributed by atoms with Crippen LogP contribution in [0.25, 0.3) is 0 Å². The van der Waals surface area contributed by atoms with Crippen LogP contribution in [0.5, 0.6) is 11.5 Å². The maximum atomic E-state index is 6.28. The Morgan fingerprint density at radius 2 is 1.62 bits per heavy atom. The fourth-order valence-electron chi connectivity index (χ4n) is 2.25. The highest BCUT2D eigenvalue weighted by Crippen LogP contribution is 2.36. The van der Waals surface area contributed by atoms with Crippen LogP contribution in [-0.4, -0.2) is 14.2 Å². The zero-order chi connectivity index (χ0) is 15.2. The maximum absolute atomic E-state index is 6.28. The van der Waals surface area contributed by atoms with E-state index in [1.807, 2.05) is 12.1 Å². The van der Waals surface area contributed by atoms with Crippen LogP contribution in [0.1, 0.15) is 18.1 Å². The summed E-state index contributed by atoms with van der Waals surface area (Å²) in [5.74, 6) is 1.29. The van der Waals surface area contributed by atoms with Crippen LogP contribution in [0, 0.1) is 0 Å². The summed E-state index contributed by atoms with van der Waals surface area (Å²) < 4.78 is 10.5. The number of hydrogen-bond donors (Lipinski definition) is 1. The van der Waals surface area contributed by atoms with Crippen molar-refractivity contribution >= 4 is 17.3 Å². The monoisotopic (exact) mass is 305 g/mol. The first-order valence-electron chi connectivity index (χ1n) is 6.91. The van der Waals surface area contributed by atoms with Crippen molar-refractivity contribution in [2.24, 2.45) is 0 Å². The largest absolute Gasteiger partial charge is 0.493 e. The molecule has 0 aliphatic rings. The van der Waals surface area contributed by atoms with E-state index in [9.17, 15) is 0 Å². The second-order valence-corrected chi connectivity index (χ2v) is 5.07. The summed E-state index contributed by atoms with van der Waals surface area (Å²) in [6.45, 7) is 2.88. The number of nitrogens with one attached hydrogen (secondary N) is 1. The molecular weight excluding hydrogens is 286 g/mol. The summed E-state index contributed by atoms with van der Waals surface area (Å²) in [6.07, 6.45) is 1.01. The van der Waals surface area contributed by atoms with Gasteiger partial charge in [0.1, 0.15) is 0 Å². The van der Waals surface area contributed by atoms with Crippen molar-refractivity contribution in [3.8, 4) is 11.5 Å². The van der Waals surface area contributed by atoms with E-state index in [2.05, 4.69) is 30.4 Å². The average molecular weight is 306 g/mol. The Kier molecular flexibility index (Phi) is 5.34. The van der Waals surface area contributed by atoms with Crippen molar-refractivity contribution in [1.82, 2.24) is 0 Å². The summed E-state index contributed by atoms with van der Waals surface area (Å²) in [4.78, 5) is 0. The van der Waals surface area contributed by atoms with Gasteiger partial charge in [-0.1, -0.05) is 42.8 Å². The van der Waals surface area contributed by atoms with Crippen LogP contribution in [0.3, 0.4) is 0 Å². The minimum absolute atomic E-state index is 0.613. The Hall–Kier alpha value is -1.87. The number of benzene rings is 2. The molecule has 0 aliphatic heterocycles. The van der Waals surface area contributed by atoms with Crippen LogP contribution in [-0.2, 0) is 13.0 Å². The molecule has 112 valence electrons. The smallest absolute Gasteiger partial charge is 0.162 e. The lowest BCUT2D eigenvalue weighted by molar-refractivity contribution is 0.355. The number of ether oxygens (including phenoxy) is 2. The molecule has 0 amide bonds. The molecule has 1 N–H and O–H groups in total. The Bertz CT molecular complexity index is 614. The van der Waals surface area contributed by atoms with E-state index in [1.165, 1.54) is 11.1 Å². The number of methoxy groups -OCH3 is 2. The highest BCUT2D eigenvalue weighted by molar-refractivity contribution is 6.33. The van der Waals surface area contributed by atoms with Crippen LogP contribution in [0.4, 0.5) is 5.69 Å². The molecular formula is C17H20ClNO2. The van der Waals surface area contributed by atoms with Gasteiger partial charge in [0.2, 0.25) is 0 Å². The quantitative estimate of drug-likeness (QED) is 0.850. The first kappa shape index (κ1) is 15.5. The van der Waals surface area contributed by atoms with Gasteiger partial charge in [0, 0.05) is 18.7 Å². The summed E-state index contributed by atoms with van der Waals surface area (Å²) in [5.41, 5.74) is 3.44. The van der Waals surface area contributed by atoms with Crippen molar-refractivity contribution in [1.29, 1.82) is 0 Å². The van der Waals surface area contributed by atoms with Gasteiger partial charge in [-0.2, -0.15) is 0 Å². The van der Waals surface area contributed by atoms with Gasteiger partial charge in [-0.05, 0) is 17.5 Å². The van der Waals surface area contributed by atoms with E-state index in [4.69, 9.17) is 21.1 Å². The molecule has 2 rings (SSSR count). The third kappa shape index (κ3) is 3.61. The van der Waals surface area contributed by atoms with Crippen LogP contribution >= 0.6 is 11.6 Å². The molecule has 0 spiro atoms. The molecule has 0 atom stereocenters. The number of aryl methyl sites for hydroxylation is 1. The molecule has 0 bridgehead atoms. The molecule has 4 heteroatoms. The summed E-state index contributed by atoms with van der Waals surface area (Å²) >= 11 is 6.28. The Balaban J connectivity index is 2.20. The Morgan fingerprint density at radius 1 is 1.00 bits per heavy atom. The first-order chi connectivity index (χ1) is 10.2. The predicted octanol–water partition coefficient (Wildman–Crippen LogP) is 4.53. The minimum Gasteiger partial charge on any atom is -0.493 e. The highest BCUT2D eigenvalue weighted by Gasteiger charge is 2.10. The van der Waals surface area contributed by atoms with E-state index in [-0.39, 0.29) is 0 Å². The van der Waals surface area contributed by atoms with E-state index in [0.717, 1.165) is 18.7 Å². The van der Waals surface area contributed by atoms with Crippen LogP contribution in [0.15, 0.2) is 36.4 Å². The molecule has 0 fully saturated rings. The average Bonchev–Trinajstić information content (AvgIpc) is 2.53. The van der Waals surface area contributed by atoms with Gasteiger partial charge in [-0.15, -0.1) is 0 Å². The molecule has 2 aromatic rings. The summed E-state index contributed by atoms with van der Waals surface area (Å²) in [5, 5.41) is 3.98. The van der Waals surface area contributed by atoms with Crippen molar-refractivity contribution in [2.75, 3.05) is 19.5 Å². The normalized spacial score (nSPS) is 10.3. The van der Waals surface area contributed by atoms with Gasteiger partial charge in [0.05, 0.1) is 24.9 Å². The maximum Gasteiger partial charge on any atom is 0.162 e. The second-order valence-electron chi connectivity index (χ2n) is 4.66. The van der Waals surface area contributed by atoms with Gasteiger partial charge in [0.25, 0.3) is 0 Å². The molecule has 0 radical (unpaired) electrons. The summed E-state index contributed by atoms with van der Waals surface area (Å²) in [6, 6.07) is 12.0. The van der Waals surface area contributed by atoms with Gasteiger partial charge in [-0.25, -0.2) is 0 Å². The van der Waals surface area contributed by atoms with Crippen molar-refractivity contribution < 1.29 is 9.47 Å². The topological polar surface area (TPSA) is 30.5 Å². The fraction of sp³-hybridized carbons (Fsp3) is 0.294. The Labute approximate surface area is 130 Å². The van der Waals surface area contributed by atoms with E-state index in [0.29, 0.717) is 16.5 Å². The lowest BCUT2D eigenvalue weighted by Crippen LogP contribution is -2.03. The zero-order valence-electron chi connectivity index (χ0n) is 12.6. The van der Waals surface area contributed by atoms with Crippen molar-refractivity contribution in [3.63, 3.8) is 0 Å². The first-order valence-corrected chi connectivity index (χ1v) is 7.29. The minimum atomic E-state index is 0.613. The summed E-state index contributed by atoms with van der Waals surface area (Å²) in [7, 11) is 3.21. The third-order valence-electron chi connectivity index (χ3n) is 3.44.